The Kier molecular flexibility index (Phi) is 4.32. The minimum Gasteiger partial charge on any atom is -0.497 e. The fourth-order valence-electron chi connectivity index (χ4n) is 1.61. The predicted octanol–water partition coefficient (Wildman–Crippen LogP) is 3.24. The number of nitrogens with zero attached hydrogens (tertiary/aromatic N) is 1. The molecule has 0 aliphatic rings. The van der Waals surface area contributed by atoms with Gasteiger partial charge in [-0.25, -0.2) is 4.79 Å². The molecule has 0 aromatic heterocycles. The second kappa shape index (κ2) is 6.38. The van der Waals surface area contributed by atoms with E-state index in [0.717, 1.165) is 17.1 Å². The molecule has 0 fully saturated rings. The van der Waals surface area contributed by atoms with Gasteiger partial charge in [-0.2, -0.15) is 4.99 Å². The molecule has 0 aliphatic carbocycles. The third-order valence-electron chi connectivity index (χ3n) is 2.55. The van der Waals surface area contributed by atoms with E-state index in [1.54, 1.807) is 19.2 Å². The molecule has 0 saturated carbocycles. The Labute approximate surface area is 111 Å². The largest absolute Gasteiger partial charge is 0.497 e. The van der Waals surface area contributed by atoms with Gasteiger partial charge in [0.1, 0.15) is 18.1 Å². The maximum Gasteiger partial charge on any atom is 0.240 e. The van der Waals surface area contributed by atoms with Crippen LogP contribution in [0.25, 0.3) is 0 Å². The number of methoxy groups -OCH3 is 1. The first-order chi connectivity index (χ1) is 9.31. The Balaban J connectivity index is 2.01. The summed E-state index contributed by atoms with van der Waals surface area (Å²) in [6.45, 7) is 0.411. The molecular formula is C15H13NO3. The van der Waals surface area contributed by atoms with Crippen molar-refractivity contribution in [2.75, 3.05) is 7.11 Å². The Hall–Kier alpha value is -2.58. The molecule has 2 rings (SSSR count). The third kappa shape index (κ3) is 3.69. The summed E-state index contributed by atoms with van der Waals surface area (Å²) in [6.07, 6.45) is 1.52. The number of ether oxygens (including phenoxy) is 2. The van der Waals surface area contributed by atoms with Crippen LogP contribution in [0.15, 0.2) is 53.5 Å². The zero-order valence-corrected chi connectivity index (χ0v) is 10.5. The van der Waals surface area contributed by atoms with Crippen molar-refractivity contribution in [1.82, 2.24) is 0 Å². The SMILES string of the molecule is COc1ccc(OCc2cccc(N=C=O)c2)cc1. The number of benzene rings is 2. The molecule has 0 heterocycles. The molecule has 4 nitrogen and oxygen atoms in total. The number of carbonyl (C=O) groups excluding carboxylic acids is 1. The molecule has 0 bridgehead atoms. The quantitative estimate of drug-likeness (QED) is 0.608. The Morgan fingerprint density at radius 2 is 1.84 bits per heavy atom. The molecule has 2 aromatic rings. The molecule has 0 amide bonds. The van der Waals surface area contributed by atoms with E-state index < -0.39 is 0 Å². The third-order valence-corrected chi connectivity index (χ3v) is 2.55. The second-order valence-corrected chi connectivity index (χ2v) is 3.84. The van der Waals surface area contributed by atoms with E-state index in [1.165, 1.54) is 6.08 Å². The van der Waals surface area contributed by atoms with Crippen LogP contribution >= 0.6 is 0 Å². The van der Waals surface area contributed by atoms with E-state index in [-0.39, 0.29) is 0 Å². The highest BCUT2D eigenvalue weighted by Gasteiger charge is 1.98. The van der Waals surface area contributed by atoms with Gasteiger partial charge < -0.3 is 9.47 Å². The summed E-state index contributed by atoms with van der Waals surface area (Å²) in [6, 6.07) is 14.6. The van der Waals surface area contributed by atoms with Crippen molar-refractivity contribution >= 4 is 11.8 Å². The monoisotopic (exact) mass is 255 g/mol. The van der Waals surface area contributed by atoms with E-state index in [1.807, 2.05) is 36.4 Å². The molecule has 0 spiro atoms. The van der Waals surface area contributed by atoms with Gasteiger partial charge in [0.05, 0.1) is 12.8 Å². The highest BCUT2D eigenvalue weighted by molar-refractivity contribution is 5.49. The average molecular weight is 255 g/mol. The fraction of sp³-hybridized carbons (Fsp3) is 0.133. The van der Waals surface area contributed by atoms with Crippen molar-refractivity contribution < 1.29 is 14.3 Å². The number of aliphatic imine (C=N–C) groups is 1. The van der Waals surface area contributed by atoms with E-state index in [4.69, 9.17) is 9.47 Å². The van der Waals surface area contributed by atoms with E-state index >= 15 is 0 Å². The fourth-order valence-corrected chi connectivity index (χ4v) is 1.61. The molecular weight excluding hydrogens is 242 g/mol. The first-order valence-electron chi connectivity index (χ1n) is 5.75. The number of hydrogen-bond acceptors (Lipinski definition) is 4. The van der Waals surface area contributed by atoms with Crippen molar-refractivity contribution in [2.24, 2.45) is 4.99 Å². The lowest BCUT2D eigenvalue weighted by Crippen LogP contribution is -1.95. The lowest BCUT2D eigenvalue weighted by molar-refractivity contribution is 0.305. The zero-order chi connectivity index (χ0) is 13.5. The van der Waals surface area contributed by atoms with Gasteiger partial charge >= 0.3 is 0 Å². The maximum absolute atomic E-state index is 10.2. The maximum atomic E-state index is 10.2. The molecule has 0 N–H and O–H groups in total. The van der Waals surface area contributed by atoms with Crippen molar-refractivity contribution in [3.63, 3.8) is 0 Å². The second-order valence-electron chi connectivity index (χ2n) is 3.84. The molecule has 0 atom stereocenters. The van der Waals surface area contributed by atoms with E-state index in [9.17, 15) is 4.79 Å². The van der Waals surface area contributed by atoms with Crippen molar-refractivity contribution in [1.29, 1.82) is 0 Å². The summed E-state index contributed by atoms with van der Waals surface area (Å²) < 4.78 is 10.7. The summed E-state index contributed by atoms with van der Waals surface area (Å²) in [5, 5.41) is 0. The molecule has 2 aromatic carbocycles. The summed E-state index contributed by atoms with van der Waals surface area (Å²) in [7, 11) is 1.62. The summed E-state index contributed by atoms with van der Waals surface area (Å²) >= 11 is 0. The van der Waals surface area contributed by atoms with Crippen LogP contribution in [0.1, 0.15) is 5.56 Å². The standard InChI is InChI=1S/C15H13NO3/c1-18-14-5-7-15(8-6-14)19-10-12-3-2-4-13(9-12)16-11-17/h2-9H,10H2,1H3. The number of isocyanates is 1. The van der Waals surface area contributed by atoms with Gasteiger partial charge in [0.25, 0.3) is 0 Å². The predicted molar refractivity (Wildman–Crippen MR) is 71.5 cm³/mol. The summed E-state index contributed by atoms with van der Waals surface area (Å²) in [5.41, 5.74) is 1.51. The molecule has 0 unspecified atom stereocenters. The first-order valence-corrected chi connectivity index (χ1v) is 5.75. The minimum absolute atomic E-state index is 0.411. The number of rotatable bonds is 5. The van der Waals surface area contributed by atoms with Gasteiger partial charge in [0, 0.05) is 0 Å². The summed E-state index contributed by atoms with van der Waals surface area (Å²) in [4.78, 5) is 13.8. The average Bonchev–Trinajstić information content (AvgIpc) is 2.46. The molecule has 19 heavy (non-hydrogen) atoms. The normalized spacial score (nSPS) is 9.53. The molecule has 0 saturated heterocycles. The van der Waals surface area contributed by atoms with Crippen LogP contribution in [-0.4, -0.2) is 13.2 Å². The van der Waals surface area contributed by atoms with Crippen molar-refractivity contribution in [3.05, 3.63) is 54.1 Å². The van der Waals surface area contributed by atoms with Crippen LogP contribution in [0.5, 0.6) is 11.5 Å². The Morgan fingerprint density at radius 3 is 2.53 bits per heavy atom. The lowest BCUT2D eigenvalue weighted by Gasteiger charge is -2.07. The zero-order valence-electron chi connectivity index (χ0n) is 10.5. The van der Waals surface area contributed by atoms with Crippen LogP contribution in [-0.2, 0) is 11.4 Å². The van der Waals surface area contributed by atoms with Gasteiger partial charge in [-0.05, 0) is 42.0 Å². The molecule has 0 aliphatic heterocycles. The van der Waals surface area contributed by atoms with Gasteiger partial charge in [0.2, 0.25) is 6.08 Å². The number of hydrogen-bond donors (Lipinski definition) is 0. The molecule has 0 radical (unpaired) electrons. The van der Waals surface area contributed by atoms with E-state index in [0.29, 0.717) is 12.3 Å². The van der Waals surface area contributed by atoms with Crippen molar-refractivity contribution in [3.8, 4) is 11.5 Å². The van der Waals surface area contributed by atoms with Gasteiger partial charge in [-0.15, -0.1) is 0 Å². The molecule has 4 heteroatoms. The van der Waals surface area contributed by atoms with Crippen LogP contribution in [0, 0.1) is 0 Å². The van der Waals surface area contributed by atoms with Gasteiger partial charge in [-0.3, -0.25) is 0 Å². The summed E-state index contributed by atoms with van der Waals surface area (Å²) in [5.74, 6) is 1.54. The lowest BCUT2D eigenvalue weighted by atomic mass is 10.2. The highest BCUT2D eigenvalue weighted by Crippen LogP contribution is 2.19. The Bertz CT molecular complexity index is 587. The van der Waals surface area contributed by atoms with Crippen LogP contribution in [0.3, 0.4) is 0 Å². The minimum atomic E-state index is 0.411. The van der Waals surface area contributed by atoms with Crippen LogP contribution < -0.4 is 9.47 Å². The van der Waals surface area contributed by atoms with Crippen LogP contribution in [0.2, 0.25) is 0 Å². The topological polar surface area (TPSA) is 47.9 Å². The van der Waals surface area contributed by atoms with E-state index in [2.05, 4.69) is 4.99 Å². The highest BCUT2D eigenvalue weighted by atomic mass is 16.5. The van der Waals surface area contributed by atoms with Crippen molar-refractivity contribution in [2.45, 2.75) is 6.61 Å². The first kappa shape index (κ1) is 12.9. The smallest absolute Gasteiger partial charge is 0.240 e. The van der Waals surface area contributed by atoms with Gasteiger partial charge in [0.15, 0.2) is 0 Å². The van der Waals surface area contributed by atoms with Gasteiger partial charge in [-0.1, -0.05) is 12.1 Å². The molecule has 96 valence electrons. The van der Waals surface area contributed by atoms with Crippen LogP contribution in [0.4, 0.5) is 5.69 Å². The Morgan fingerprint density at radius 1 is 1.11 bits per heavy atom.